The second-order valence-corrected chi connectivity index (χ2v) is 15.7. The minimum absolute atomic E-state index is 0.227. The summed E-state index contributed by atoms with van der Waals surface area (Å²) in [6, 6.07) is 50.8. The highest BCUT2D eigenvalue weighted by Crippen LogP contribution is 2.45. The van der Waals surface area contributed by atoms with Crippen LogP contribution in [0.2, 0.25) is 0 Å². The summed E-state index contributed by atoms with van der Waals surface area (Å²) in [5, 5.41) is 5.42. The van der Waals surface area contributed by atoms with Crippen LogP contribution in [0.3, 0.4) is 0 Å². The first-order valence-electron chi connectivity index (χ1n) is 16.7. The Kier molecular flexibility index (Phi) is 4.44. The number of hydrogen-bond acceptors (Lipinski definition) is 2. The van der Waals surface area contributed by atoms with E-state index < -0.39 is 0 Å². The quantitative estimate of drug-likeness (QED) is 0.176. The Morgan fingerprint density at radius 1 is 0.375 bits per heavy atom. The lowest BCUT2D eigenvalue weighted by Crippen LogP contribution is -2.58. The van der Waals surface area contributed by atoms with E-state index in [-0.39, 0.29) is 13.4 Å². The van der Waals surface area contributed by atoms with Gasteiger partial charge in [0.15, 0.2) is 0 Å². The van der Waals surface area contributed by atoms with Crippen molar-refractivity contribution in [2.75, 3.05) is 0 Å². The summed E-state index contributed by atoms with van der Waals surface area (Å²) in [6.45, 7) is 0.454. The second-order valence-electron chi connectivity index (χ2n) is 13.5. The zero-order chi connectivity index (χ0) is 30.8. The van der Waals surface area contributed by atoms with Crippen LogP contribution in [0.15, 0.2) is 153 Å². The molecule has 218 valence electrons. The molecular formula is C42H22B2N2S2. The Balaban J connectivity index is 1.22. The molecule has 13 rings (SSSR count). The van der Waals surface area contributed by atoms with E-state index in [0.29, 0.717) is 0 Å². The molecule has 0 spiro atoms. The molecule has 48 heavy (non-hydrogen) atoms. The van der Waals surface area contributed by atoms with E-state index in [4.69, 9.17) is 0 Å². The molecule has 2 nitrogen and oxygen atoms in total. The Morgan fingerprint density at radius 3 is 1.29 bits per heavy atom. The lowest BCUT2D eigenvalue weighted by atomic mass is 9.35. The molecule has 0 aliphatic carbocycles. The minimum atomic E-state index is 0.227. The standard InChI is InChI=1S/C42H22B2N2S2/c1-3-17-33-25(11-1)43-27-13-5-9-23-37-29(45(41(23)27)31-15-7-19-35(47-33)39(31)43)21-22-30-38(37)24-10-6-14-28-42(24)46(30)32-16-8-20-36-40(32)44(28)26-12-2-4-18-34(26)48-36/h1-22H. The van der Waals surface area contributed by atoms with Crippen molar-refractivity contribution >= 4 is 113 Å². The summed E-state index contributed by atoms with van der Waals surface area (Å²) < 4.78 is 5.18. The van der Waals surface area contributed by atoms with E-state index >= 15 is 0 Å². The van der Waals surface area contributed by atoms with Crippen molar-refractivity contribution in [1.82, 2.24) is 9.13 Å². The van der Waals surface area contributed by atoms with Gasteiger partial charge in [0.05, 0.1) is 11.0 Å². The molecule has 4 aliphatic heterocycles. The third-order valence-electron chi connectivity index (χ3n) is 11.4. The average Bonchev–Trinajstić information content (AvgIpc) is 3.66. The fourth-order valence-corrected chi connectivity index (χ4v) is 12.1. The van der Waals surface area contributed by atoms with E-state index in [1.807, 2.05) is 23.5 Å². The van der Waals surface area contributed by atoms with Gasteiger partial charge in [-0.3, -0.25) is 0 Å². The Labute approximate surface area is 285 Å². The van der Waals surface area contributed by atoms with Gasteiger partial charge in [-0.2, -0.15) is 0 Å². The lowest BCUT2D eigenvalue weighted by molar-refractivity contribution is 1.16. The maximum atomic E-state index is 2.59. The first kappa shape index (κ1) is 25.0. The van der Waals surface area contributed by atoms with Crippen LogP contribution in [0, 0.1) is 0 Å². The smallest absolute Gasteiger partial charge is 0.249 e. The predicted molar refractivity (Wildman–Crippen MR) is 206 cm³/mol. The summed E-state index contributed by atoms with van der Waals surface area (Å²) in [7, 11) is 0. The van der Waals surface area contributed by atoms with Gasteiger partial charge in [0.2, 0.25) is 13.4 Å². The molecule has 0 bridgehead atoms. The zero-order valence-corrected chi connectivity index (χ0v) is 27.2. The molecule has 0 fully saturated rings. The molecule has 0 saturated heterocycles. The first-order valence-corrected chi connectivity index (χ1v) is 18.3. The highest BCUT2D eigenvalue weighted by molar-refractivity contribution is 8.00. The van der Waals surface area contributed by atoms with Crippen LogP contribution in [-0.2, 0) is 0 Å². The largest absolute Gasteiger partial charge is 0.310 e. The van der Waals surface area contributed by atoms with Crippen LogP contribution < -0.4 is 32.8 Å². The predicted octanol–water partition coefficient (Wildman–Crippen LogP) is 6.47. The van der Waals surface area contributed by atoms with E-state index in [1.54, 1.807) is 0 Å². The number of fused-ring (bicyclic) bond motifs is 15. The van der Waals surface area contributed by atoms with E-state index in [2.05, 4.69) is 143 Å². The lowest BCUT2D eigenvalue weighted by Gasteiger charge is -2.33. The van der Waals surface area contributed by atoms with Crippen molar-refractivity contribution in [1.29, 1.82) is 0 Å². The van der Waals surface area contributed by atoms with Crippen LogP contribution in [-0.4, -0.2) is 22.6 Å². The molecule has 6 heterocycles. The minimum Gasteiger partial charge on any atom is -0.310 e. The van der Waals surface area contributed by atoms with Gasteiger partial charge in [-0.05, 0) is 70.4 Å². The zero-order valence-electron chi connectivity index (χ0n) is 25.6. The first-order chi connectivity index (χ1) is 23.8. The van der Waals surface area contributed by atoms with Crippen molar-refractivity contribution in [2.45, 2.75) is 19.6 Å². The highest BCUT2D eigenvalue weighted by Gasteiger charge is 2.41. The molecule has 7 aromatic carbocycles. The van der Waals surface area contributed by atoms with E-state index in [9.17, 15) is 0 Å². The highest BCUT2D eigenvalue weighted by atomic mass is 32.2. The Morgan fingerprint density at radius 2 is 0.792 bits per heavy atom. The van der Waals surface area contributed by atoms with Crippen LogP contribution in [0.5, 0.6) is 0 Å². The number of benzene rings is 7. The van der Waals surface area contributed by atoms with Crippen molar-refractivity contribution in [2.24, 2.45) is 0 Å². The number of rotatable bonds is 0. The molecule has 9 aromatic rings. The average molecular weight is 640 g/mol. The molecule has 2 aromatic heterocycles. The summed E-state index contributed by atoms with van der Waals surface area (Å²) >= 11 is 3.84. The van der Waals surface area contributed by atoms with Gasteiger partial charge >= 0.3 is 0 Å². The molecule has 0 N–H and O–H groups in total. The van der Waals surface area contributed by atoms with Gasteiger partial charge in [-0.15, -0.1) is 0 Å². The SMILES string of the molecule is c1ccc2c(c1)Sc1cccc3c1B2c1cccc2c4c5c6cccc7c6n(c5ccc4n-3c12)-c1cccc2c1B7c1ccccc1S2. The van der Waals surface area contributed by atoms with Crippen molar-refractivity contribution < 1.29 is 0 Å². The normalized spacial score (nSPS) is 14.4. The number of aromatic nitrogens is 2. The summed E-state index contributed by atoms with van der Waals surface area (Å²) in [4.78, 5) is 5.48. The van der Waals surface area contributed by atoms with Crippen LogP contribution in [0.4, 0.5) is 0 Å². The summed E-state index contributed by atoms with van der Waals surface area (Å²) in [5.74, 6) is 0. The fraction of sp³-hybridized carbons (Fsp3) is 0. The second kappa shape index (κ2) is 8.51. The molecular weight excluding hydrogens is 618 g/mol. The number of hydrogen-bond donors (Lipinski definition) is 0. The maximum absolute atomic E-state index is 2.59. The van der Waals surface area contributed by atoms with Gasteiger partial charge in [0, 0.05) is 63.5 Å². The number of para-hydroxylation sites is 2. The Bertz CT molecular complexity index is 2790. The monoisotopic (exact) mass is 640 g/mol. The summed E-state index contributed by atoms with van der Waals surface area (Å²) in [5.41, 5.74) is 16.5. The molecule has 4 aliphatic rings. The molecule has 0 amide bonds. The maximum Gasteiger partial charge on any atom is 0.249 e. The number of nitrogens with zero attached hydrogens (tertiary/aromatic N) is 2. The van der Waals surface area contributed by atoms with Crippen LogP contribution in [0.25, 0.3) is 55.0 Å². The third kappa shape index (κ3) is 2.76. The van der Waals surface area contributed by atoms with Gasteiger partial charge < -0.3 is 9.13 Å². The Hall–Kier alpha value is -5.03. The van der Waals surface area contributed by atoms with Gasteiger partial charge in [0.25, 0.3) is 0 Å². The van der Waals surface area contributed by atoms with Crippen molar-refractivity contribution in [3.63, 3.8) is 0 Å². The molecule has 0 atom stereocenters. The third-order valence-corrected chi connectivity index (χ3v) is 13.8. The van der Waals surface area contributed by atoms with Crippen molar-refractivity contribution in [3.05, 3.63) is 133 Å². The van der Waals surface area contributed by atoms with Gasteiger partial charge in [0.1, 0.15) is 0 Å². The topological polar surface area (TPSA) is 9.86 Å². The molecule has 6 heteroatoms. The molecule has 0 unspecified atom stereocenters. The van der Waals surface area contributed by atoms with Gasteiger partial charge in [-0.25, -0.2) is 0 Å². The van der Waals surface area contributed by atoms with Crippen LogP contribution in [0.1, 0.15) is 0 Å². The van der Waals surface area contributed by atoms with E-state index in [1.165, 1.54) is 107 Å². The van der Waals surface area contributed by atoms with E-state index in [0.717, 1.165) is 0 Å². The molecule has 0 radical (unpaired) electrons. The fourth-order valence-electron chi connectivity index (χ4n) is 9.76. The van der Waals surface area contributed by atoms with Crippen LogP contribution >= 0.6 is 23.5 Å². The molecule has 0 saturated carbocycles. The summed E-state index contributed by atoms with van der Waals surface area (Å²) in [6.07, 6.45) is 0. The van der Waals surface area contributed by atoms with Crippen molar-refractivity contribution in [3.8, 4) is 11.4 Å². The van der Waals surface area contributed by atoms with Gasteiger partial charge in [-0.1, -0.05) is 119 Å².